The average Bonchev–Trinajstić information content (AvgIpc) is 2.88. The van der Waals surface area contributed by atoms with Crippen molar-refractivity contribution in [2.24, 2.45) is 10.2 Å². The van der Waals surface area contributed by atoms with Crippen LogP contribution in [0.3, 0.4) is 0 Å². The summed E-state index contributed by atoms with van der Waals surface area (Å²) in [5.41, 5.74) is 0.320. The van der Waals surface area contributed by atoms with Gasteiger partial charge in [0.05, 0.1) is 33.3 Å². The molecule has 4 aromatic rings. The molecule has 0 bridgehead atoms. The van der Waals surface area contributed by atoms with Crippen LogP contribution in [0, 0.1) is 0 Å². The molecule has 1 amide bonds. The third-order valence-electron chi connectivity index (χ3n) is 5.74. The number of hydrogen-bond donors (Lipinski definition) is 3. The van der Waals surface area contributed by atoms with E-state index in [0.717, 1.165) is 0 Å². The molecule has 0 aromatic heterocycles. The van der Waals surface area contributed by atoms with Gasteiger partial charge in [0, 0.05) is 17.0 Å². The summed E-state index contributed by atoms with van der Waals surface area (Å²) in [7, 11) is -3.06. The lowest BCUT2D eigenvalue weighted by Gasteiger charge is -2.13. The number of halogens is 2. The fourth-order valence-electron chi connectivity index (χ4n) is 3.89. The van der Waals surface area contributed by atoms with Gasteiger partial charge in [0.2, 0.25) is 0 Å². The molecule has 4 rings (SSSR count). The van der Waals surface area contributed by atoms with Crippen molar-refractivity contribution in [2.45, 2.75) is 18.2 Å². The summed E-state index contributed by atoms with van der Waals surface area (Å²) in [5.74, 6) is -0.612. The van der Waals surface area contributed by atoms with E-state index < -0.39 is 21.8 Å². The highest BCUT2D eigenvalue weighted by atomic mass is 35.5. The number of nitrogens with zero attached hydrogens (tertiary/aromatic N) is 2. The predicted octanol–water partition coefficient (Wildman–Crippen LogP) is 7.34. The number of azo groups is 1. The second-order valence-electron chi connectivity index (χ2n) is 8.04. The Morgan fingerprint density at radius 2 is 1.71 bits per heavy atom. The number of anilines is 1. The lowest BCUT2D eigenvalue weighted by molar-refractivity contribution is 0.102. The quantitative estimate of drug-likeness (QED) is 0.156. The number of aromatic hydroxyl groups is 1. The van der Waals surface area contributed by atoms with Crippen LogP contribution in [-0.4, -0.2) is 31.1 Å². The van der Waals surface area contributed by atoms with Gasteiger partial charge in [-0.1, -0.05) is 54.4 Å². The number of benzene rings is 4. The Morgan fingerprint density at radius 3 is 2.37 bits per heavy atom. The number of phenolic OH excluding ortho intramolecular Hbond substituents is 1. The van der Waals surface area contributed by atoms with E-state index in [0.29, 0.717) is 22.2 Å². The molecule has 0 fully saturated rings. The van der Waals surface area contributed by atoms with Crippen molar-refractivity contribution in [3.05, 3.63) is 81.8 Å². The molecule has 0 atom stereocenters. The minimum Gasteiger partial charge on any atom is -0.505 e. The molecule has 9 nitrogen and oxygen atoms in total. The van der Waals surface area contributed by atoms with Crippen LogP contribution in [0.1, 0.15) is 22.8 Å². The first-order valence-electron chi connectivity index (χ1n) is 11.1. The summed E-state index contributed by atoms with van der Waals surface area (Å²) in [6, 6.07) is 15.6. The number of rotatable bonds is 7. The van der Waals surface area contributed by atoms with E-state index in [2.05, 4.69) is 15.5 Å². The first kappa shape index (κ1) is 27.3. The Bertz CT molecular complexity index is 1710. The molecule has 38 heavy (non-hydrogen) atoms. The summed E-state index contributed by atoms with van der Waals surface area (Å²) >= 11 is 12.5. The van der Waals surface area contributed by atoms with Crippen LogP contribution in [0.15, 0.2) is 75.8 Å². The van der Waals surface area contributed by atoms with Gasteiger partial charge < -0.3 is 15.2 Å². The minimum atomic E-state index is -4.55. The van der Waals surface area contributed by atoms with Crippen molar-refractivity contribution in [3.63, 3.8) is 0 Å². The number of carbonyl (C=O) groups is 1. The van der Waals surface area contributed by atoms with Gasteiger partial charge >= 0.3 is 0 Å². The molecule has 4 aromatic carbocycles. The van der Waals surface area contributed by atoms with Gasteiger partial charge in [-0.15, -0.1) is 10.2 Å². The maximum absolute atomic E-state index is 13.2. The van der Waals surface area contributed by atoms with Gasteiger partial charge in [0.25, 0.3) is 16.0 Å². The Balaban J connectivity index is 1.83. The van der Waals surface area contributed by atoms with Gasteiger partial charge in [-0.3, -0.25) is 9.35 Å². The largest absolute Gasteiger partial charge is 0.505 e. The number of amides is 1. The SMILES string of the molecule is CCc1c(S(=O)(=O)O)ccc(Cl)c1N=Nc1c(O)c(C(=O)Nc2ccc(OC)cc2Cl)cc2ccccc12. The van der Waals surface area contributed by atoms with Crippen molar-refractivity contribution in [1.82, 2.24) is 0 Å². The van der Waals surface area contributed by atoms with Crippen molar-refractivity contribution in [1.29, 1.82) is 0 Å². The number of phenols is 1. The van der Waals surface area contributed by atoms with Crippen molar-refractivity contribution in [3.8, 4) is 11.5 Å². The molecule has 0 heterocycles. The molecule has 0 unspecified atom stereocenters. The van der Waals surface area contributed by atoms with Gasteiger partial charge in [-0.2, -0.15) is 8.42 Å². The lowest BCUT2D eigenvalue weighted by atomic mass is 10.0. The van der Waals surface area contributed by atoms with Crippen LogP contribution < -0.4 is 10.1 Å². The molecule has 12 heteroatoms. The van der Waals surface area contributed by atoms with Crippen LogP contribution in [-0.2, 0) is 16.5 Å². The average molecular weight is 574 g/mol. The van der Waals surface area contributed by atoms with Crippen molar-refractivity contribution < 1.29 is 27.6 Å². The van der Waals surface area contributed by atoms with Gasteiger partial charge in [0.15, 0.2) is 5.75 Å². The highest BCUT2D eigenvalue weighted by molar-refractivity contribution is 7.85. The molecular weight excluding hydrogens is 553 g/mol. The molecule has 0 aliphatic carbocycles. The van der Waals surface area contributed by atoms with E-state index in [1.165, 1.54) is 31.4 Å². The number of methoxy groups -OCH3 is 1. The van der Waals surface area contributed by atoms with Crippen LogP contribution in [0.5, 0.6) is 11.5 Å². The first-order chi connectivity index (χ1) is 18.0. The minimum absolute atomic E-state index is 0.00708. The molecular formula is C26H21Cl2N3O6S. The summed E-state index contributed by atoms with van der Waals surface area (Å²) < 4.78 is 38.4. The molecule has 0 saturated carbocycles. The number of fused-ring (bicyclic) bond motifs is 1. The standard InChI is InChI=1S/C26H21Cl2N3O6S/c1-3-16-22(38(34,35)36)11-9-19(27)23(16)30-31-24-17-7-5-4-6-14(17)12-18(25(24)32)26(33)29-21-10-8-15(37-2)13-20(21)28/h4-13,32H,3H2,1-2H3,(H,29,33)(H,34,35,36). The van der Waals surface area contributed by atoms with E-state index in [-0.39, 0.29) is 43.9 Å². The van der Waals surface area contributed by atoms with Crippen molar-refractivity contribution >= 4 is 67.1 Å². The van der Waals surface area contributed by atoms with Gasteiger partial charge in [0.1, 0.15) is 17.1 Å². The molecule has 0 spiro atoms. The smallest absolute Gasteiger partial charge is 0.294 e. The summed E-state index contributed by atoms with van der Waals surface area (Å²) in [6.07, 6.45) is 0.168. The third kappa shape index (κ3) is 5.44. The van der Waals surface area contributed by atoms with Gasteiger partial charge in [-0.05, 0) is 42.1 Å². The fourth-order valence-corrected chi connectivity index (χ4v) is 5.11. The van der Waals surface area contributed by atoms with Crippen LogP contribution in [0.2, 0.25) is 10.0 Å². The maximum Gasteiger partial charge on any atom is 0.294 e. The zero-order chi connectivity index (χ0) is 27.6. The van der Waals surface area contributed by atoms with Crippen molar-refractivity contribution in [2.75, 3.05) is 12.4 Å². The number of carbonyl (C=O) groups excluding carboxylic acids is 1. The van der Waals surface area contributed by atoms with Crippen LogP contribution in [0.4, 0.5) is 17.1 Å². The van der Waals surface area contributed by atoms with Crippen LogP contribution in [0.25, 0.3) is 10.8 Å². The number of nitrogens with one attached hydrogen (secondary N) is 1. The van der Waals surface area contributed by atoms with E-state index >= 15 is 0 Å². The van der Waals surface area contributed by atoms with E-state index in [4.69, 9.17) is 27.9 Å². The Hall–Kier alpha value is -3.70. The molecule has 196 valence electrons. The normalized spacial score (nSPS) is 11.7. The highest BCUT2D eigenvalue weighted by Gasteiger charge is 2.22. The monoisotopic (exact) mass is 573 g/mol. The van der Waals surface area contributed by atoms with E-state index in [9.17, 15) is 22.9 Å². The third-order valence-corrected chi connectivity index (χ3v) is 7.29. The second kappa shape index (κ2) is 11.0. The zero-order valence-electron chi connectivity index (χ0n) is 20.1. The lowest BCUT2D eigenvalue weighted by Crippen LogP contribution is -2.12. The van der Waals surface area contributed by atoms with E-state index in [1.54, 1.807) is 43.3 Å². The number of hydrogen-bond acceptors (Lipinski definition) is 7. The Labute approximate surface area is 228 Å². The molecule has 0 saturated heterocycles. The molecule has 0 aliphatic rings. The Kier molecular flexibility index (Phi) is 7.89. The summed E-state index contributed by atoms with van der Waals surface area (Å²) in [6.45, 7) is 1.67. The first-order valence-corrected chi connectivity index (χ1v) is 13.3. The zero-order valence-corrected chi connectivity index (χ0v) is 22.4. The Morgan fingerprint density at radius 1 is 1.00 bits per heavy atom. The highest BCUT2D eigenvalue weighted by Crippen LogP contribution is 2.42. The molecule has 0 radical (unpaired) electrons. The maximum atomic E-state index is 13.2. The molecule has 3 N–H and O–H groups in total. The summed E-state index contributed by atoms with van der Waals surface area (Å²) in [4.78, 5) is 12.8. The van der Waals surface area contributed by atoms with E-state index in [1.807, 2.05) is 0 Å². The molecule has 0 aliphatic heterocycles. The second-order valence-corrected chi connectivity index (χ2v) is 10.2. The summed E-state index contributed by atoms with van der Waals surface area (Å²) in [5, 5.41) is 23.5. The van der Waals surface area contributed by atoms with Gasteiger partial charge in [-0.25, -0.2) is 0 Å². The fraction of sp³-hybridized carbons (Fsp3) is 0.115. The van der Waals surface area contributed by atoms with Crippen LogP contribution >= 0.6 is 23.2 Å². The number of ether oxygens (including phenoxy) is 1. The topological polar surface area (TPSA) is 138 Å². The predicted molar refractivity (Wildman–Crippen MR) is 146 cm³/mol.